The van der Waals surface area contributed by atoms with Gasteiger partial charge >= 0.3 is 0 Å². The minimum atomic E-state index is 0.0608. The average molecular weight is 282 g/mol. The molecule has 0 heterocycles. The van der Waals surface area contributed by atoms with Gasteiger partial charge in [-0.2, -0.15) is 0 Å². The number of para-hydroxylation sites is 1. The molecule has 1 amide bonds. The van der Waals surface area contributed by atoms with Gasteiger partial charge in [0.25, 0.3) is 5.91 Å². The number of aryl methyl sites for hydroxylation is 1. The molecule has 0 aromatic heterocycles. The minimum Gasteiger partial charge on any atom is -0.387 e. The van der Waals surface area contributed by atoms with Gasteiger partial charge in [-0.1, -0.05) is 36.4 Å². The number of hydrogen-bond acceptors (Lipinski definition) is 2. The van der Waals surface area contributed by atoms with E-state index < -0.39 is 0 Å². The summed E-state index contributed by atoms with van der Waals surface area (Å²) in [6, 6.07) is 15.8. The van der Waals surface area contributed by atoms with Crippen LogP contribution in [0.1, 0.15) is 28.4 Å². The van der Waals surface area contributed by atoms with Crippen molar-refractivity contribution in [3.8, 4) is 0 Å². The van der Waals surface area contributed by atoms with Gasteiger partial charge in [-0.3, -0.25) is 4.79 Å². The van der Waals surface area contributed by atoms with Crippen LogP contribution in [0.15, 0.2) is 48.5 Å². The fourth-order valence-corrected chi connectivity index (χ4v) is 2.38. The van der Waals surface area contributed by atoms with Gasteiger partial charge in [-0.25, -0.2) is 0 Å². The van der Waals surface area contributed by atoms with Gasteiger partial charge in [-0.15, -0.1) is 0 Å². The topological polar surface area (TPSA) is 32.3 Å². The molecule has 3 heteroatoms. The van der Waals surface area contributed by atoms with E-state index in [0.29, 0.717) is 13.1 Å². The number of hydrogen-bond donors (Lipinski definition) is 1. The molecule has 0 unspecified atom stereocenters. The number of nitrogens with one attached hydrogen (secondary N) is 1. The molecular weight excluding hydrogens is 260 g/mol. The number of carbonyl (C=O) groups excluding carboxylic acids is 1. The molecule has 0 saturated carbocycles. The molecule has 0 aliphatic heterocycles. The van der Waals surface area contributed by atoms with Crippen LogP contribution in [0, 0.1) is 6.92 Å². The van der Waals surface area contributed by atoms with Gasteiger partial charge in [0, 0.05) is 25.8 Å². The van der Waals surface area contributed by atoms with Gasteiger partial charge in [0.2, 0.25) is 0 Å². The molecule has 3 nitrogen and oxygen atoms in total. The Kier molecular flexibility index (Phi) is 4.99. The molecule has 2 aromatic rings. The van der Waals surface area contributed by atoms with E-state index in [0.717, 1.165) is 11.3 Å². The number of benzene rings is 2. The molecule has 0 aliphatic carbocycles. The van der Waals surface area contributed by atoms with Crippen LogP contribution in [-0.4, -0.2) is 24.4 Å². The fraction of sp³-hybridized carbons (Fsp3) is 0.278. The van der Waals surface area contributed by atoms with Crippen molar-refractivity contribution in [3.63, 3.8) is 0 Å². The summed E-state index contributed by atoms with van der Waals surface area (Å²) in [5.74, 6) is 0.0608. The summed E-state index contributed by atoms with van der Waals surface area (Å²) in [5.41, 5.74) is 3.99. The van der Waals surface area contributed by atoms with E-state index in [-0.39, 0.29) is 5.91 Å². The van der Waals surface area contributed by atoms with Crippen molar-refractivity contribution < 1.29 is 4.79 Å². The maximum absolute atomic E-state index is 12.8. The second-order valence-electron chi connectivity index (χ2n) is 5.04. The first-order valence-electron chi connectivity index (χ1n) is 7.28. The highest BCUT2D eigenvalue weighted by atomic mass is 16.2. The van der Waals surface area contributed by atoms with Crippen LogP contribution in [0.25, 0.3) is 0 Å². The second kappa shape index (κ2) is 6.93. The molecule has 0 spiro atoms. The number of carbonyl (C=O) groups is 1. The van der Waals surface area contributed by atoms with Crippen molar-refractivity contribution in [3.05, 3.63) is 65.2 Å². The maximum Gasteiger partial charge on any atom is 0.256 e. The van der Waals surface area contributed by atoms with Crippen LogP contribution >= 0.6 is 0 Å². The first-order valence-corrected chi connectivity index (χ1v) is 7.28. The first-order chi connectivity index (χ1) is 10.2. The summed E-state index contributed by atoms with van der Waals surface area (Å²) in [4.78, 5) is 14.6. The number of anilines is 1. The highest BCUT2D eigenvalue weighted by Gasteiger charge is 2.17. The molecule has 0 fully saturated rings. The van der Waals surface area contributed by atoms with Gasteiger partial charge in [-0.05, 0) is 37.1 Å². The fourth-order valence-electron chi connectivity index (χ4n) is 2.38. The third kappa shape index (κ3) is 3.43. The molecule has 0 atom stereocenters. The summed E-state index contributed by atoms with van der Waals surface area (Å²) in [6.07, 6.45) is 0. The van der Waals surface area contributed by atoms with Crippen LogP contribution in [0.4, 0.5) is 5.69 Å². The Bertz CT molecular complexity index is 622. The Morgan fingerprint density at radius 3 is 2.43 bits per heavy atom. The van der Waals surface area contributed by atoms with Crippen molar-refractivity contribution in [2.75, 3.05) is 18.9 Å². The maximum atomic E-state index is 12.8. The van der Waals surface area contributed by atoms with E-state index in [2.05, 4.69) is 24.4 Å². The van der Waals surface area contributed by atoms with Crippen LogP contribution in [-0.2, 0) is 6.54 Å². The van der Waals surface area contributed by atoms with Gasteiger partial charge in [0.05, 0.1) is 5.56 Å². The summed E-state index contributed by atoms with van der Waals surface area (Å²) in [5, 5.41) is 3.08. The van der Waals surface area contributed by atoms with Crippen molar-refractivity contribution in [2.45, 2.75) is 20.4 Å². The van der Waals surface area contributed by atoms with Crippen molar-refractivity contribution in [2.24, 2.45) is 0 Å². The average Bonchev–Trinajstić information content (AvgIpc) is 2.53. The Labute approximate surface area is 126 Å². The highest BCUT2D eigenvalue weighted by Crippen LogP contribution is 2.19. The van der Waals surface area contributed by atoms with E-state index in [1.54, 1.807) is 0 Å². The molecule has 21 heavy (non-hydrogen) atoms. The lowest BCUT2D eigenvalue weighted by atomic mass is 10.1. The minimum absolute atomic E-state index is 0.0608. The Balaban J connectivity index is 2.25. The summed E-state index contributed by atoms with van der Waals surface area (Å²) in [7, 11) is 1.84. The summed E-state index contributed by atoms with van der Waals surface area (Å²) in [6.45, 7) is 5.42. The molecule has 2 rings (SSSR count). The van der Waals surface area contributed by atoms with Crippen LogP contribution in [0.3, 0.4) is 0 Å². The number of nitrogens with zero attached hydrogens (tertiary/aromatic N) is 1. The lowest BCUT2D eigenvalue weighted by Gasteiger charge is -2.23. The molecule has 2 aromatic carbocycles. The van der Waals surface area contributed by atoms with Gasteiger partial charge in [0.1, 0.15) is 0 Å². The third-order valence-electron chi connectivity index (χ3n) is 3.72. The standard InChI is InChI=1S/C18H22N2O/c1-4-20(13-15-10-6-5-9-14(15)2)18(21)16-11-7-8-12-17(16)19-3/h5-12,19H,4,13H2,1-3H3. The van der Waals surface area contributed by atoms with Gasteiger partial charge in [0.15, 0.2) is 0 Å². The zero-order chi connectivity index (χ0) is 15.2. The monoisotopic (exact) mass is 282 g/mol. The predicted molar refractivity (Wildman–Crippen MR) is 87.6 cm³/mol. The molecule has 0 aliphatic rings. The SMILES string of the molecule is CCN(Cc1ccccc1C)C(=O)c1ccccc1NC. The highest BCUT2D eigenvalue weighted by molar-refractivity contribution is 5.99. The quantitative estimate of drug-likeness (QED) is 0.907. The van der Waals surface area contributed by atoms with Crippen molar-refractivity contribution in [1.82, 2.24) is 4.90 Å². The number of rotatable bonds is 5. The number of amides is 1. The van der Waals surface area contributed by atoms with Gasteiger partial charge < -0.3 is 10.2 Å². The lowest BCUT2D eigenvalue weighted by molar-refractivity contribution is 0.0753. The van der Waals surface area contributed by atoms with Crippen LogP contribution in [0.2, 0.25) is 0 Å². The zero-order valence-corrected chi connectivity index (χ0v) is 12.9. The van der Waals surface area contributed by atoms with Crippen molar-refractivity contribution >= 4 is 11.6 Å². The van der Waals surface area contributed by atoms with E-state index in [4.69, 9.17) is 0 Å². The molecule has 110 valence electrons. The summed E-state index contributed by atoms with van der Waals surface area (Å²) >= 11 is 0. The first kappa shape index (κ1) is 15.1. The van der Waals surface area contributed by atoms with E-state index in [1.807, 2.05) is 55.3 Å². The van der Waals surface area contributed by atoms with Crippen LogP contribution < -0.4 is 5.32 Å². The summed E-state index contributed by atoms with van der Waals surface area (Å²) < 4.78 is 0. The normalized spacial score (nSPS) is 10.2. The second-order valence-corrected chi connectivity index (χ2v) is 5.04. The smallest absolute Gasteiger partial charge is 0.256 e. The Morgan fingerprint density at radius 2 is 1.76 bits per heavy atom. The van der Waals surface area contributed by atoms with Crippen molar-refractivity contribution in [1.29, 1.82) is 0 Å². The molecule has 0 bridgehead atoms. The molecule has 0 radical (unpaired) electrons. The predicted octanol–water partition coefficient (Wildman–Crippen LogP) is 3.70. The molecule has 0 saturated heterocycles. The van der Waals surface area contributed by atoms with E-state index in [9.17, 15) is 4.79 Å². The third-order valence-corrected chi connectivity index (χ3v) is 3.72. The Morgan fingerprint density at radius 1 is 1.10 bits per heavy atom. The molecular formula is C18H22N2O. The van der Waals surface area contributed by atoms with E-state index in [1.165, 1.54) is 11.1 Å². The Hall–Kier alpha value is -2.29. The largest absolute Gasteiger partial charge is 0.387 e. The zero-order valence-electron chi connectivity index (χ0n) is 12.9. The van der Waals surface area contributed by atoms with Crippen LogP contribution in [0.5, 0.6) is 0 Å². The lowest BCUT2D eigenvalue weighted by Crippen LogP contribution is -2.31. The van der Waals surface area contributed by atoms with E-state index >= 15 is 0 Å². The molecule has 1 N–H and O–H groups in total.